The predicted octanol–water partition coefficient (Wildman–Crippen LogP) is 4.40. The van der Waals surface area contributed by atoms with Gasteiger partial charge in [0.05, 0.1) is 16.8 Å². The molecule has 0 bridgehead atoms. The van der Waals surface area contributed by atoms with Crippen LogP contribution in [-0.4, -0.2) is 17.7 Å². The summed E-state index contributed by atoms with van der Waals surface area (Å²) in [5, 5.41) is 2.92. The van der Waals surface area contributed by atoms with Crippen LogP contribution in [0.4, 0.5) is 11.4 Å². The first kappa shape index (κ1) is 17.5. The Labute approximate surface area is 158 Å². The molecule has 5 heteroatoms. The van der Waals surface area contributed by atoms with E-state index in [4.69, 9.17) is 0 Å². The second-order valence-electron chi connectivity index (χ2n) is 7.30. The Kier molecular flexibility index (Phi) is 4.75. The van der Waals surface area contributed by atoms with Crippen LogP contribution < -0.4 is 10.2 Å². The summed E-state index contributed by atoms with van der Waals surface area (Å²) in [6, 6.07) is 13.7. The summed E-state index contributed by atoms with van der Waals surface area (Å²) in [7, 11) is 0. The standard InChI is InChI=1S/C22H22N2O3/c25-20(13-15-7-2-1-3-8-15)23-16-9-6-10-17(14-16)24-21(26)18-11-4-5-12-19(18)22(24)27/h4-6,9-12,14-15H,1-3,7-8,13H2,(H,23,25). The Morgan fingerprint density at radius 3 is 2.26 bits per heavy atom. The molecule has 1 fully saturated rings. The van der Waals surface area contributed by atoms with E-state index in [2.05, 4.69) is 5.32 Å². The van der Waals surface area contributed by atoms with Gasteiger partial charge in [-0.2, -0.15) is 0 Å². The fourth-order valence-electron chi connectivity index (χ4n) is 4.01. The molecule has 27 heavy (non-hydrogen) atoms. The molecule has 0 spiro atoms. The number of nitrogens with one attached hydrogen (secondary N) is 1. The van der Waals surface area contributed by atoms with E-state index in [0.717, 1.165) is 12.8 Å². The van der Waals surface area contributed by atoms with Crippen molar-refractivity contribution in [2.75, 3.05) is 10.2 Å². The van der Waals surface area contributed by atoms with Gasteiger partial charge in [0.25, 0.3) is 11.8 Å². The van der Waals surface area contributed by atoms with Crippen molar-refractivity contribution in [2.45, 2.75) is 38.5 Å². The maximum atomic E-state index is 12.6. The molecule has 1 N–H and O–H groups in total. The summed E-state index contributed by atoms with van der Waals surface area (Å²) in [5.41, 5.74) is 1.89. The molecule has 1 saturated carbocycles. The van der Waals surface area contributed by atoms with E-state index >= 15 is 0 Å². The SMILES string of the molecule is O=C(CC1CCCCC1)Nc1cccc(N2C(=O)c3ccccc3C2=O)c1. The number of hydrogen-bond donors (Lipinski definition) is 1. The molecule has 5 nitrogen and oxygen atoms in total. The Morgan fingerprint density at radius 1 is 0.926 bits per heavy atom. The van der Waals surface area contributed by atoms with Crippen molar-refractivity contribution in [3.05, 3.63) is 59.7 Å². The zero-order chi connectivity index (χ0) is 18.8. The van der Waals surface area contributed by atoms with Crippen molar-refractivity contribution >= 4 is 29.1 Å². The highest BCUT2D eigenvalue weighted by Crippen LogP contribution is 2.30. The third kappa shape index (κ3) is 3.50. The Bertz CT molecular complexity index is 865. The second kappa shape index (κ2) is 7.35. The molecule has 138 valence electrons. The lowest BCUT2D eigenvalue weighted by molar-refractivity contribution is -0.117. The number of hydrogen-bond acceptors (Lipinski definition) is 3. The first-order valence-corrected chi connectivity index (χ1v) is 9.51. The third-order valence-electron chi connectivity index (χ3n) is 5.38. The van der Waals surface area contributed by atoms with Gasteiger partial charge in [-0.3, -0.25) is 14.4 Å². The average molecular weight is 362 g/mol. The van der Waals surface area contributed by atoms with Crippen molar-refractivity contribution in [3.8, 4) is 0 Å². The molecule has 1 heterocycles. The van der Waals surface area contributed by atoms with Gasteiger partial charge in [-0.15, -0.1) is 0 Å². The molecular weight excluding hydrogens is 340 g/mol. The van der Waals surface area contributed by atoms with Crippen LogP contribution in [0.25, 0.3) is 0 Å². The summed E-state index contributed by atoms with van der Waals surface area (Å²) in [6.45, 7) is 0. The van der Waals surface area contributed by atoms with Crippen LogP contribution in [0.2, 0.25) is 0 Å². The Balaban J connectivity index is 1.49. The molecular formula is C22H22N2O3. The normalized spacial score (nSPS) is 17.1. The van der Waals surface area contributed by atoms with Gasteiger partial charge in [-0.05, 0) is 49.1 Å². The van der Waals surface area contributed by atoms with Crippen LogP contribution in [0.15, 0.2) is 48.5 Å². The number of anilines is 2. The molecule has 2 aromatic rings. The molecule has 0 unspecified atom stereocenters. The summed E-state index contributed by atoms with van der Waals surface area (Å²) in [6.07, 6.45) is 6.42. The Hall–Kier alpha value is -2.95. The number of amides is 3. The minimum atomic E-state index is -0.332. The fraction of sp³-hybridized carbons (Fsp3) is 0.318. The Morgan fingerprint density at radius 2 is 1.59 bits per heavy atom. The van der Waals surface area contributed by atoms with Crippen LogP contribution in [0.5, 0.6) is 0 Å². The number of fused-ring (bicyclic) bond motifs is 1. The molecule has 0 radical (unpaired) electrons. The number of imide groups is 1. The van der Waals surface area contributed by atoms with E-state index in [1.807, 2.05) is 0 Å². The van der Waals surface area contributed by atoms with Gasteiger partial charge in [0.1, 0.15) is 0 Å². The van der Waals surface area contributed by atoms with Crippen molar-refractivity contribution in [2.24, 2.45) is 5.92 Å². The maximum Gasteiger partial charge on any atom is 0.266 e. The predicted molar refractivity (Wildman–Crippen MR) is 104 cm³/mol. The van der Waals surface area contributed by atoms with Gasteiger partial charge in [0.15, 0.2) is 0 Å². The highest BCUT2D eigenvalue weighted by Gasteiger charge is 2.36. The van der Waals surface area contributed by atoms with E-state index in [-0.39, 0.29) is 17.7 Å². The monoisotopic (exact) mass is 362 g/mol. The van der Waals surface area contributed by atoms with Gasteiger partial charge in [0.2, 0.25) is 5.91 Å². The van der Waals surface area contributed by atoms with Gasteiger partial charge in [-0.1, -0.05) is 37.5 Å². The topological polar surface area (TPSA) is 66.5 Å². The highest BCUT2D eigenvalue weighted by molar-refractivity contribution is 6.34. The second-order valence-corrected chi connectivity index (χ2v) is 7.30. The van der Waals surface area contributed by atoms with Gasteiger partial charge < -0.3 is 5.32 Å². The summed E-state index contributed by atoms with van der Waals surface area (Å²) < 4.78 is 0. The van der Waals surface area contributed by atoms with Crippen LogP contribution in [0.3, 0.4) is 0 Å². The molecule has 3 amide bonds. The van der Waals surface area contributed by atoms with Crippen molar-refractivity contribution in [3.63, 3.8) is 0 Å². The van der Waals surface area contributed by atoms with Crippen molar-refractivity contribution < 1.29 is 14.4 Å². The quantitative estimate of drug-likeness (QED) is 0.820. The largest absolute Gasteiger partial charge is 0.326 e. The van der Waals surface area contributed by atoms with E-state index < -0.39 is 0 Å². The average Bonchev–Trinajstić information content (AvgIpc) is 2.94. The molecule has 0 aromatic heterocycles. The lowest BCUT2D eigenvalue weighted by atomic mass is 9.87. The molecule has 0 atom stereocenters. The zero-order valence-electron chi connectivity index (χ0n) is 15.1. The molecule has 1 aliphatic carbocycles. The number of rotatable bonds is 4. The lowest BCUT2D eigenvalue weighted by Crippen LogP contribution is -2.29. The highest BCUT2D eigenvalue weighted by atomic mass is 16.2. The number of nitrogens with zero attached hydrogens (tertiary/aromatic N) is 1. The summed E-state index contributed by atoms with van der Waals surface area (Å²) in [5.74, 6) is -0.220. The van der Waals surface area contributed by atoms with Crippen LogP contribution in [0.1, 0.15) is 59.2 Å². The van der Waals surface area contributed by atoms with E-state index in [1.165, 1.54) is 24.2 Å². The van der Waals surface area contributed by atoms with E-state index in [0.29, 0.717) is 34.8 Å². The van der Waals surface area contributed by atoms with Crippen LogP contribution in [0, 0.1) is 5.92 Å². The zero-order valence-corrected chi connectivity index (χ0v) is 15.1. The van der Waals surface area contributed by atoms with Crippen molar-refractivity contribution in [1.82, 2.24) is 0 Å². The minimum Gasteiger partial charge on any atom is -0.326 e. The fourth-order valence-corrected chi connectivity index (χ4v) is 4.01. The van der Waals surface area contributed by atoms with Gasteiger partial charge >= 0.3 is 0 Å². The third-order valence-corrected chi connectivity index (χ3v) is 5.38. The summed E-state index contributed by atoms with van der Waals surface area (Å²) in [4.78, 5) is 38.8. The molecule has 1 aliphatic heterocycles. The first-order valence-electron chi connectivity index (χ1n) is 9.51. The molecule has 0 saturated heterocycles. The van der Waals surface area contributed by atoms with Gasteiger partial charge in [-0.25, -0.2) is 4.90 Å². The van der Waals surface area contributed by atoms with E-state index in [1.54, 1.807) is 48.5 Å². The minimum absolute atomic E-state index is 0.0126. The lowest BCUT2D eigenvalue weighted by Gasteiger charge is -2.21. The number of carbonyl (C=O) groups is 3. The first-order chi connectivity index (χ1) is 13.1. The van der Waals surface area contributed by atoms with Crippen LogP contribution >= 0.6 is 0 Å². The van der Waals surface area contributed by atoms with Crippen molar-refractivity contribution in [1.29, 1.82) is 0 Å². The molecule has 4 rings (SSSR count). The maximum absolute atomic E-state index is 12.6. The molecule has 2 aliphatic rings. The number of carbonyl (C=O) groups excluding carboxylic acids is 3. The smallest absolute Gasteiger partial charge is 0.266 e. The van der Waals surface area contributed by atoms with E-state index in [9.17, 15) is 14.4 Å². The molecule has 2 aromatic carbocycles. The van der Waals surface area contributed by atoms with Crippen LogP contribution in [-0.2, 0) is 4.79 Å². The number of benzene rings is 2. The van der Waals surface area contributed by atoms with Gasteiger partial charge in [0, 0.05) is 12.1 Å². The summed E-state index contributed by atoms with van der Waals surface area (Å²) >= 11 is 0.